The van der Waals surface area contributed by atoms with Crippen molar-refractivity contribution in [2.45, 2.75) is 0 Å². The Morgan fingerprint density at radius 1 is 1.05 bits per heavy atom. The second-order valence-corrected chi connectivity index (χ2v) is 4.10. The predicted octanol–water partition coefficient (Wildman–Crippen LogP) is 0.586. The van der Waals surface area contributed by atoms with E-state index in [9.17, 15) is 9.59 Å². The number of carbonyl (C=O) groups is 2. The maximum Gasteiger partial charge on any atom is 0.335 e. The van der Waals surface area contributed by atoms with Gasteiger partial charge in [-0.25, -0.2) is 9.59 Å². The van der Waals surface area contributed by atoms with E-state index < -0.39 is 11.9 Å². The van der Waals surface area contributed by atoms with Crippen LogP contribution in [-0.4, -0.2) is 53.8 Å². The molecule has 2 rings (SSSR count). The molecule has 9 heteroatoms. The molecule has 1 heterocycles. The highest BCUT2D eigenvalue weighted by atomic mass is 35.5. The first kappa shape index (κ1) is 22.5. The lowest BCUT2D eigenvalue weighted by molar-refractivity contribution is 0.0696. The Morgan fingerprint density at radius 2 is 1.36 bits per heavy atom. The average Bonchev–Trinajstić information content (AvgIpc) is 2.50. The standard InChI is InChI=1S/C8H6O4.C4H10N2.CH3NS.ClH/c9-7(10)5-2-1-3-6(4-5)8(11)12;1-2-6-4-3-5-1;2-1-3;/h1-4H,(H,9,10)(H,11,12);5-6H,1-4H2;1H,(H2,2,3);1H. The molecule has 0 amide bonds. The zero-order chi connectivity index (χ0) is 16.1. The maximum atomic E-state index is 10.4. The molecule has 0 radical (unpaired) electrons. The first-order valence-electron chi connectivity index (χ1n) is 6.16. The van der Waals surface area contributed by atoms with Crippen molar-refractivity contribution in [2.75, 3.05) is 26.2 Å². The topological polar surface area (TPSA) is 125 Å². The molecule has 6 N–H and O–H groups in total. The molecule has 0 saturated carbocycles. The van der Waals surface area contributed by atoms with Crippen molar-refractivity contribution < 1.29 is 19.8 Å². The van der Waals surface area contributed by atoms with Crippen LogP contribution in [0.1, 0.15) is 20.7 Å². The maximum absolute atomic E-state index is 10.4. The van der Waals surface area contributed by atoms with Crippen LogP contribution in [0.15, 0.2) is 24.3 Å². The number of hydrogen-bond acceptors (Lipinski definition) is 5. The molecule has 0 bridgehead atoms. The van der Waals surface area contributed by atoms with Crippen LogP contribution < -0.4 is 16.4 Å². The summed E-state index contributed by atoms with van der Waals surface area (Å²) in [5.74, 6) is -2.25. The van der Waals surface area contributed by atoms with Crippen LogP contribution in [-0.2, 0) is 0 Å². The first-order chi connectivity index (χ1) is 10.0. The number of rotatable bonds is 2. The van der Waals surface area contributed by atoms with Crippen LogP contribution in [0.5, 0.6) is 0 Å². The number of nitrogens with two attached hydrogens (primary N) is 1. The van der Waals surface area contributed by atoms with Gasteiger partial charge in [-0.2, -0.15) is 0 Å². The third kappa shape index (κ3) is 11.0. The molecule has 0 aliphatic carbocycles. The highest BCUT2D eigenvalue weighted by molar-refractivity contribution is 7.78. The van der Waals surface area contributed by atoms with Crippen molar-refractivity contribution in [3.8, 4) is 0 Å². The predicted molar refractivity (Wildman–Crippen MR) is 91.2 cm³/mol. The number of benzene rings is 1. The number of hydrogen-bond donors (Lipinski definition) is 5. The Kier molecular flexibility index (Phi) is 14.6. The van der Waals surface area contributed by atoms with Crippen molar-refractivity contribution in [3.05, 3.63) is 35.4 Å². The highest BCUT2D eigenvalue weighted by Gasteiger charge is 2.06. The van der Waals surface area contributed by atoms with Crippen LogP contribution in [0.2, 0.25) is 0 Å². The van der Waals surface area contributed by atoms with E-state index in [1.165, 1.54) is 18.2 Å². The lowest BCUT2D eigenvalue weighted by Crippen LogP contribution is -2.39. The highest BCUT2D eigenvalue weighted by Crippen LogP contribution is 2.04. The summed E-state index contributed by atoms with van der Waals surface area (Å²) < 4.78 is 0. The Balaban J connectivity index is 0. The van der Waals surface area contributed by atoms with Gasteiger partial charge in [-0.05, 0) is 18.2 Å². The fraction of sp³-hybridized carbons (Fsp3) is 0.308. The number of halogens is 1. The van der Waals surface area contributed by atoms with E-state index in [4.69, 9.17) is 10.2 Å². The monoisotopic (exact) mass is 349 g/mol. The zero-order valence-electron chi connectivity index (χ0n) is 11.8. The summed E-state index contributed by atoms with van der Waals surface area (Å²) >= 11 is 4.05. The Labute approximate surface area is 140 Å². The summed E-state index contributed by atoms with van der Waals surface area (Å²) in [5.41, 5.74) is 5.58. The SMILES string of the molecule is C1CNCCN1.Cl.NC=S.O=C(O)c1cccc(C(=O)O)c1. The second-order valence-electron chi connectivity index (χ2n) is 3.83. The largest absolute Gasteiger partial charge is 0.478 e. The van der Waals surface area contributed by atoms with Gasteiger partial charge in [0.15, 0.2) is 0 Å². The third-order valence-corrected chi connectivity index (χ3v) is 2.31. The van der Waals surface area contributed by atoms with Crippen molar-refractivity contribution in [3.63, 3.8) is 0 Å². The number of aromatic carboxylic acids is 2. The number of piperazine rings is 1. The molecule has 1 aliphatic rings. The molecule has 0 aromatic heterocycles. The fourth-order valence-electron chi connectivity index (χ4n) is 1.39. The average molecular weight is 350 g/mol. The van der Waals surface area contributed by atoms with E-state index in [-0.39, 0.29) is 23.5 Å². The number of carboxylic acids is 2. The number of thiocarbonyl (C=S) groups is 1. The molecule has 0 spiro atoms. The lowest BCUT2D eigenvalue weighted by Gasteiger charge is -2.11. The van der Waals surface area contributed by atoms with Gasteiger partial charge in [0, 0.05) is 26.2 Å². The molecule has 0 unspecified atom stereocenters. The van der Waals surface area contributed by atoms with Gasteiger partial charge in [0.05, 0.1) is 16.6 Å². The van der Waals surface area contributed by atoms with Gasteiger partial charge in [0.2, 0.25) is 0 Å². The van der Waals surface area contributed by atoms with Crippen LogP contribution in [0.3, 0.4) is 0 Å². The van der Waals surface area contributed by atoms with E-state index in [0.717, 1.165) is 37.7 Å². The molecule has 1 aromatic rings. The Bertz CT molecular complexity index is 430. The van der Waals surface area contributed by atoms with E-state index in [1.54, 1.807) is 0 Å². The van der Waals surface area contributed by atoms with E-state index in [2.05, 4.69) is 28.6 Å². The Hall–Kier alpha value is -1.74. The van der Waals surface area contributed by atoms with Crippen LogP contribution >= 0.6 is 24.6 Å². The van der Waals surface area contributed by atoms with Gasteiger partial charge in [0.25, 0.3) is 0 Å². The molecular weight excluding hydrogens is 330 g/mol. The zero-order valence-corrected chi connectivity index (χ0v) is 13.5. The molecule has 0 atom stereocenters. The molecular formula is C13H20ClN3O4S. The van der Waals surface area contributed by atoms with Gasteiger partial charge in [-0.1, -0.05) is 18.3 Å². The van der Waals surface area contributed by atoms with Gasteiger partial charge in [0.1, 0.15) is 0 Å². The molecule has 1 saturated heterocycles. The molecule has 22 heavy (non-hydrogen) atoms. The molecule has 1 aliphatic heterocycles. The molecule has 124 valence electrons. The van der Waals surface area contributed by atoms with Crippen LogP contribution in [0.4, 0.5) is 0 Å². The molecule has 1 aromatic carbocycles. The quantitative estimate of drug-likeness (QED) is 0.491. The first-order valence-corrected chi connectivity index (χ1v) is 6.63. The molecule has 1 fully saturated rings. The van der Waals surface area contributed by atoms with Gasteiger partial charge in [-0.3, -0.25) is 0 Å². The summed E-state index contributed by atoms with van der Waals surface area (Å²) in [6.07, 6.45) is 0. The summed E-state index contributed by atoms with van der Waals surface area (Å²) in [6, 6.07) is 5.20. The van der Waals surface area contributed by atoms with Crippen molar-refractivity contribution in [2.24, 2.45) is 5.73 Å². The second kappa shape index (κ2) is 14.2. The summed E-state index contributed by atoms with van der Waals surface area (Å²) in [7, 11) is 0. The Morgan fingerprint density at radius 3 is 1.59 bits per heavy atom. The lowest BCUT2D eigenvalue weighted by atomic mass is 10.1. The van der Waals surface area contributed by atoms with E-state index in [0.29, 0.717) is 0 Å². The van der Waals surface area contributed by atoms with Crippen molar-refractivity contribution in [1.82, 2.24) is 10.6 Å². The van der Waals surface area contributed by atoms with Gasteiger partial charge < -0.3 is 26.6 Å². The van der Waals surface area contributed by atoms with Crippen LogP contribution in [0.25, 0.3) is 0 Å². The van der Waals surface area contributed by atoms with E-state index in [1.807, 2.05) is 0 Å². The smallest absolute Gasteiger partial charge is 0.335 e. The van der Waals surface area contributed by atoms with Crippen LogP contribution in [0, 0.1) is 0 Å². The van der Waals surface area contributed by atoms with Gasteiger partial charge in [-0.15, -0.1) is 12.4 Å². The normalized spacial score (nSPS) is 12.2. The fourth-order valence-corrected chi connectivity index (χ4v) is 1.39. The van der Waals surface area contributed by atoms with Gasteiger partial charge >= 0.3 is 11.9 Å². The number of carboxylic acid groups (broad SMARTS) is 2. The number of nitrogens with one attached hydrogen (secondary N) is 2. The van der Waals surface area contributed by atoms with Crippen molar-refractivity contribution in [1.29, 1.82) is 0 Å². The minimum absolute atomic E-state index is 0. The van der Waals surface area contributed by atoms with E-state index >= 15 is 0 Å². The molecule has 7 nitrogen and oxygen atoms in total. The summed E-state index contributed by atoms with van der Waals surface area (Å²) in [5, 5.41) is 23.4. The van der Waals surface area contributed by atoms with Crippen molar-refractivity contribution >= 4 is 42.1 Å². The minimum atomic E-state index is -1.13. The minimum Gasteiger partial charge on any atom is -0.478 e. The summed E-state index contributed by atoms with van der Waals surface area (Å²) in [4.78, 5) is 20.8. The summed E-state index contributed by atoms with van der Waals surface area (Å²) in [6.45, 7) is 4.56. The third-order valence-electron chi connectivity index (χ3n) is 2.31.